The van der Waals surface area contributed by atoms with Gasteiger partial charge in [0.05, 0.1) is 18.1 Å². The summed E-state index contributed by atoms with van der Waals surface area (Å²) in [5.41, 5.74) is 3.39. The van der Waals surface area contributed by atoms with Crippen molar-refractivity contribution in [2.45, 2.75) is 57.0 Å². The number of nitrogens with two attached hydrogens (primary N) is 1. The Kier molecular flexibility index (Phi) is 8.25. The third-order valence-corrected chi connectivity index (χ3v) is 7.54. The zero-order chi connectivity index (χ0) is 28.4. The van der Waals surface area contributed by atoms with Crippen LogP contribution in [0.5, 0.6) is 5.75 Å². The fourth-order valence-electron chi connectivity index (χ4n) is 4.00. The highest BCUT2D eigenvalue weighted by Gasteiger charge is 2.58. The van der Waals surface area contributed by atoms with E-state index in [2.05, 4.69) is 15.1 Å². The number of aromatic nitrogens is 3. The van der Waals surface area contributed by atoms with Gasteiger partial charge in [0, 0.05) is 6.20 Å². The minimum Gasteiger partial charge on any atom is -0.462 e. The van der Waals surface area contributed by atoms with E-state index in [-0.39, 0.29) is 17.2 Å². The van der Waals surface area contributed by atoms with Gasteiger partial charge in [0.2, 0.25) is 5.67 Å². The van der Waals surface area contributed by atoms with Crippen molar-refractivity contribution in [2.24, 2.45) is 0 Å². The van der Waals surface area contributed by atoms with E-state index in [9.17, 15) is 14.5 Å². The lowest BCUT2D eigenvalue weighted by atomic mass is 9.97. The molecule has 0 radical (unpaired) electrons. The number of nitrogens with zero attached hydrogens (tertiary/aromatic N) is 3. The highest BCUT2D eigenvalue weighted by Crippen LogP contribution is 2.48. The molecule has 6 atom stereocenters. The number of aliphatic hydroxyl groups excluding tert-OH is 1. The molecule has 14 heteroatoms. The number of esters is 1. The fourth-order valence-corrected chi connectivity index (χ4v) is 5.50. The Morgan fingerprint density at radius 3 is 2.72 bits per heavy atom. The summed E-state index contributed by atoms with van der Waals surface area (Å²) >= 11 is 0. The van der Waals surface area contributed by atoms with Crippen molar-refractivity contribution >= 4 is 30.6 Å². The molecule has 4 rings (SSSR count). The predicted octanol–water partition coefficient (Wildman–Crippen LogP) is 2.75. The second-order valence-electron chi connectivity index (χ2n) is 9.14. The van der Waals surface area contributed by atoms with Gasteiger partial charge in [-0.3, -0.25) is 9.32 Å². The number of anilines is 1. The third kappa shape index (κ3) is 5.90. The van der Waals surface area contributed by atoms with E-state index in [1.54, 1.807) is 38.1 Å². The molecule has 12 nitrogen and oxygen atoms in total. The van der Waals surface area contributed by atoms with Crippen LogP contribution < -0.4 is 15.3 Å². The Balaban J connectivity index is 1.57. The van der Waals surface area contributed by atoms with Crippen LogP contribution in [0.1, 0.15) is 27.0 Å². The maximum Gasteiger partial charge on any atom is 0.459 e. The van der Waals surface area contributed by atoms with E-state index in [0.29, 0.717) is 5.39 Å². The standard InChI is InChI=1S/C25H29FN5O7P/c1-5-25(26)20(32)19(37-24(25)31-12-11-18-21(27)28-14-29-22(18)31)13-35-39(34,38-17-9-7-6-8-10-17)30-16(4)23(33)36-15(2)3/h1,6-12,14-16,19-20,24,32H,13H2,2-4H3,(H,30,34)(H2,27,28,29)/t16-,19-,20-,24-,25-,39?/m1/s1. The molecule has 1 saturated heterocycles. The molecule has 0 spiro atoms. The molecule has 3 aromatic rings. The molecule has 4 N–H and O–H groups in total. The number of hydrogen-bond donors (Lipinski definition) is 3. The van der Waals surface area contributed by atoms with Gasteiger partial charge >= 0.3 is 13.7 Å². The number of terminal acetylenes is 1. The lowest BCUT2D eigenvalue weighted by Gasteiger charge is -2.25. The van der Waals surface area contributed by atoms with Gasteiger partial charge in [-0.2, -0.15) is 5.09 Å². The van der Waals surface area contributed by atoms with Gasteiger partial charge in [-0.15, -0.1) is 6.42 Å². The van der Waals surface area contributed by atoms with Gasteiger partial charge in [-0.25, -0.2) is 18.9 Å². The zero-order valence-electron chi connectivity index (χ0n) is 21.4. The summed E-state index contributed by atoms with van der Waals surface area (Å²) in [6.45, 7) is 4.13. The maximum atomic E-state index is 16.0. The van der Waals surface area contributed by atoms with Gasteiger partial charge in [-0.05, 0) is 39.0 Å². The number of hydrogen-bond acceptors (Lipinski definition) is 10. The van der Waals surface area contributed by atoms with Crippen LogP contribution in [0.3, 0.4) is 0 Å². The Morgan fingerprint density at radius 2 is 2.05 bits per heavy atom. The minimum atomic E-state index is -4.31. The lowest BCUT2D eigenvalue weighted by Crippen LogP contribution is -2.42. The van der Waals surface area contributed by atoms with Crippen molar-refractivity contribution in [3.63, 3.8) is 0 Å². The number of halogens is 1. The second kappa shape index (κ2) is 11.3. The van der Waals surface area contributed by atoms with Crippen LogP contribution in [-0.4, -0.2) is 62.2 Å². The number of aliphatic hydroxyl groups is 1. The van der Waals surface area contributed by atoms with Crippen molar-refractivity contribution in [1.82, 2.24) is 19.6 Å². The van der Waals surface area contributed by atoms with Crippen LogP contribution in [0, 0.1) is 12.3 Å². The number of rotatable bonds is 10. The quantitative estimate of drug-likeness (QED) is 0.190. The van der Waals surface area contributed by atoms with Crippen molar-refractivity contribution < 1.29 is 37.4 Å². The Bertz CT molecular complexity index is 1410. The number of ether oxygens (including phenoxy) is 2. The number of benzene rings is 1. The van der Waals surface area contributed by atoms with Gasteiger partial charge in [-0.1, -0.05) is 24.1 Å². The summed E-state index contributed by atoms with van der Waals surface area (Å²) in [7, 11) is -4.31. The van der Waals surface area contributed by atoms with Crippen molar-refractivity contribution in [3.8, 4) is 18.1 Å². The Labute approximate surface area is 224 Å². The van der Waals surface area contributed by atoms with E-state index in [4.69, 9.17) is 30.7 Å². The van der Waals surface area contributed by atoms with Gasteiger partial charge in [0.1, 0.15) is 41.8 Å². The summed E-state index contributed by atoms with van der Waals surface area (Å²) < 4.78 is 53.1. The molecule has 2 aromatic heterocycles. The molecule has 0 aliphatic carbocycles. The first-order valence-corrected chi connectivity index (χ1v) is 13.6. The average molecular weight is 562 g/mol. The highest BCUT2D eigenvalue weighted by atomic mass is 31.2. The van der Waals surface area contributed by atoms with Crippen LogP contribution in [0.25, 0.3) is 11.0 Å². The molecule has 1 unspecified atom stereocenters. The fraction of sp³-hybridized carbons (Fsp3) is 0.400. The van der Waals surface area contributed by atoms with Crippen LogP contribution >= 0.6 is 7.75 Å². The molecule has 0 bridgehead atoms. The van der Waals surface area contributed by atoms with E-state index in [1.807, 2.05) is 5.92 Å². The van der Waals surface area contributed by atoms with Gasteiger partial charge in [0.15, 0.2) is 6.23 Å². The average Bonchev–Trinajstić information content (AvgIpc) is 3.43. The molecular weight excluding hydrogens is 532 g/mol. The van der Waals surface area contributed by atoms with Crippen LogP contribution in [-0.2, 0) is 23.4 Å². The molecule has 3 heterocycles. The first-order chi connectivity index (χ1) is 18.5. The lowest BCUT2D eigenvalue weighted by molar-refractivity contribution is -0.149. The molecule has 1 fully saturated rings. The van der Waals surface area contributed by atoms with Crippen molar-refractivity contribution in [2.75, 3.05) is 12.3 Å². The normalized spacial score (nSPS) is 25.2. The molecule has 1 aromatic carbocycles. The number of nitrogens with one attached hydrogen (secondary N) is 1. The Hall–Kier alpha value is -3.53. The van der Waals surface area contributed by atoms with Crippen molar-refractivity contribution in [1.29, 1.82) is 0 Å². The Morgan fingerprint density at radius 1 is 1.33 bits per heavy atom. The van der Waals surface area contributed by atoms with Crippen LogP contribution in [0.15, 0.2) is 48.9 Å². The molecule has 1 aliphatic rings. The van der Waals surface area contributed by atoms with Gasteiger partial charge in [0.25, 0.3) is 0 Å². The van der Waals surface area contributed by atoms with E-state index in [0.717, 1.165) is 0 Å². The number of carbonyl (C=O) groups is 1. The van der Waals surface area contributed by atoms with E-state index < -0.39 is 56.6 Å². The molecule has 39 heavy (non-hydrogen) atoms. The summed E-state index contributed by atoms with van der Waals surface area (Å²) in [4.78, 5) is 20.4. The summed E-state index contributed by atoms with van der Waals surface area (Å²) in [5, 5.41) is 13.8. The SMILES string of the molecule is C#C[C@@]1(F)[C@H](O)[C@@H](COP(=O)(N[C@H](C)C(=O)OC(C)C)Oc2ccccc2)O[C@H]1n1ccc2c(N)ncnc21. The monoisotopic (exact) mass is 561 g/mol. The first kappa shape index (κ1) is 28.5. The number of fused-ring (bicyclic) bond motifs is 1. The summed E-state index contributed by atoms with van der Waals surface area (Å²) in [6.07, 6.45) is 2.92. The predicted molar refractivity (Wildman–Crippen MR) is 139 cm³/mol. The third-order valence-electron chi connectivity index (χ3n) is 5.89. The summed E-state index contributed by atoms with van der Waals surface area (Å²) in [5.74, 6) is 1.61. The van der Waals surface area contributed by atoms with Crippen molar-refractivity contribution in [3.05, 3.63) is 48.9 Å². The largest absolute Gasteiger partial charge is 0.462 e. The number of alkyl halides is 1. The second-order valence-corrected chi connectivity index (χ2v) is 10.8. The van der Waals surface area contributed by atoms with E-state index >= 15 is 4.39 Å². The highest BCUT2D eigenvalue weighted by molar-refractivity contribution is 7.52. The molecule has 1 aliphatic heterocycles. The van der Waals surface area contributed by atoms with E-state index in [1.165, 1.54) is 36.1 Å². The number of para-hydroxylation sites is 1. The molecule has 0 amide bonds. The minimum absolute atomic E-state index is 0.164. The maximum absolute atomic E-state index is 16.0. The zero-order valence-corrected chi connectivity index (χ0v) is 22.3. The number of carbonyl (C=O) groups excluding carboxylic acids is 1. The van der Waals surface area contributed by atoms with Crippen LogP contribution in [0.2, 0.25) is 0 Å². The van der Waals surface area contributed by atoms with Gasteiger partial charge < -0.3 is 29.4 Å². The summed E-state index contributed by atoms with van der Waals surface area (Å²) in [6, 6.07) is 8.53. The molecular formula is C25H29FN5O7P. The molecule has 0 saturated carbocycles. The molecule has 208 valence electrons. The topological polar surface area (TPSA) is 160 Å². The number of nitrogen functional groups attached to an aromatic ring is 1. The smallest absolute Gasteiger partial charge is 0.459 e. The van der Waals surface area contributed by atoms with Crippen LogP contribution in [0.4, 0.5) is 10.2 Å². The first-order valence-electron chi connectivity index (χ1n) is 12.0.